The van der Waals surface area contributed by atoms with E-state index < -0.39 is 10.0 Å². The number of sulfonamides is 1. The van der Waals surface area contributed by atoms with E-state index >= 15 is 0 Å². The Hall–Kier alpha value is -1.86. The van der Waals surface area contributed by atoms with Gasteiger partial charge in [-0.1, -0.05) is 12.1 Å². The first-order valence-corrected chi connectivity index (χ1v) is 8.21. The highest BCUT2D eigenvalue weighted by atomic mass is 32.2. The van der Waals surface area contributed by atoms with Gasteiger partial charge in [0.2, 0.25) is 10.0 Å². The molecule has 1 aromatic carbocycles. The average molecular weight is 306 g/mol. The van der Waals surface area contributed by atoms with Crippen molar-refractivity contribution in [3.8, 4) is 0 Å². The molecule has 21 heavy (non-hydrogen) atoms. The SMILES string of the molecule is Cc1ccc(C)c(S(=O)(=O)N2CCn3ccnc3C2)c1N. The second-order valence-corrected chi connectivity index (χ2v) is 7.19. The van der Waals surface area contributed by atoms with Gasteiger partial charge in [0.15, 0.2) is 0 Å². The summed E-state index contributed by atoms with van der Waals surface area (Å²) in [5.74, 6) is 0.758. The van der Waals surface area contributed by atoms with Crippen LogP contribution in [0.1, 0.15) is 17.0 Å². The molecule has 0 spiro atoms. The summed E-state index contributed by atoms with van der Waals surface area (Å²) in [6.07, 6.45) is 3.56. The number of nitrogens with two attached hydrogens (primary N) is 1. The molecule has 0 aliphatic carbocycles. The van der Waals surface area contributed by atoms with Gasteiger partial charge in [-0.25, -0.2) is 13.4 Å². The van der Waals surface area contributed by atoms with Gasteiger partial charge >= 0.3 is 0 Å². The Kier molecular flexibility index (Phi) is 3.26. The molecule has 1 aliphatic rings. The Labute approximate surface area is 124 Å². The Morgan fingerprint density at radius 3 is 2.67 bits per heavy atom. The van der Waals surface area contributed by atoms with E-state index in [1.807, 2.05) is 23.8 Å². The van der Waals surface area contributed by atoms with E-state index in [2.05, 4.69) is 4.98 Å². The van der Waals surface area contributed by atoms with Gasteiger partial charge in [0.1, 0.15) is 10.7 Å². The standard InChI is InChI=1S/C14H18N4O2S/c1-10-3-4-11(2)14(13(10)15)21(19,20)18-8-7-17-6-5-16-12(17)9-18/h3-6H,7-9,15H2,1-2H3. The van der Waals surface area contributed by atoms with Gasteiger partial charge in [-0.3, -0.25) is 0 Å². The van der Waals surface area contributed by atoms with Gasteiger partial charge < -0.3 is 10.3 Å². The summed E-state index contributed by atoms with van der Waals surface area (Å²) in [4.78, 5) is 4.43. The van der Waals surface area contributed by atoms with Gasteiger partial charge in [-0.2, -0.15) is 4.31 Å². The summed E-state index contributed by atoms with van der Waals surface area (Å²) in [5.41, 5.74) is 7.81. The maximum atomic E-state index is 12.9. The van der Waals surface area contributed by atoms with Crippen molar-refractivity contribution in [3.63, 3.8) is 0 Å². The molecule has 0 unspecified atom stereocenters. The van der Waals surface area contributed by atoms with Crippen molar-refractivity contribution in [1.29, 1.82) is 0 Å². The monoisotopic (exact) mass is 306 g/mol. The number of nitrogens with zero attached hydrogens (tertiary/aromatic N) is 3. The lowest BCUT2D eigenvalue weighted by molar-refractivity contribution is 0.335. The zero-order valence-corrected chi connectivity index (χ0v) is 12.9. The number of imidazole rings is 1. The Bertz CT molecular complexity index is 795. The second kappa shape index (κ2) is 4.85. The van der Waals surface area contributed by atoms with Gasteiger partial charge in [0, 0.05) is 25.5 Å². The molecule has 0 atom stereocenters. The van der Waals surface area contributed by atoms with Gasteiger partial charge in [0.05, 0.1) is 12.2 Å². The van der Waals surface area contributed by atoms with Gasteiger partial charge in [0.25, 0.3) is 0 Å². The molecular formula is C14H18N4O2S. The highest BCUT2D eigenvalue weighted by molar-refractivity contribution is 7.89. The fourth-order valence-electron chi connectivity index (χ4n) is 2.63. The van der Waals surface area contributed by atoms with Crippen molar-refractivity contribution in [1.82, 2.24) is 13.9 Å². The Morgan fingerprint density at radius 2 is 1.90 bits per heavy atom. The molecule has 2 aromatic rings. The summed E-state index contributed by atoms with van der Waals surface area (Å²) in [6.45, 7) is 4.91. The molecule has 2 heterocycles. The minimum atomic E-state index is -3.61. The summed E-state index contributed by atoms with van der Waals surface area (Å²) >= 11 is 0. The smallest absolute Gasteiger partial charge is 0.245 e. The number of anilines is 1. The topological polar surface area (TPSA) is 81.2 Å². The number of rotatable bonds is 2. The molecular weight excluding hydrogens is 288 g/mol. The molecule has 3 rings (SSSR count). The first kappa shape index (κ1) is 14.1. The van der Waals surface area contributed by atoms with E-state index in [0.717, 1.165) is 11.4 Å². The molecule has 1 aromatic heterocycles. The summed E-state index contributed by atoms with van der Waals surface area (Å²) in [6, 6.07) is 3.63. The van der Waals surface area contributed by atoms with Crippen molar-refractivity contribution in [2.75, 3.05) is 12.3 Å². The van der Waals surface area contributed by atoms with Crippen LogP contribution in [0.2, 0.25) is 0 Å². The fraction of sp³-hybridized carbons (Fsp3) is 0.357. The minimum absolute atomic E-state index is 0.225. The predicted molar refractivity (Wildman–Crippen MR) is 80.2 cm³/mol. The van der Waals surface area contributed by atoms with E-state index in [9.17, 15) is 8.42 Å². The number of nitrogen functional groups attached to an aromatic ring is 1. The molecule has 112 valence electrons. The average Bonchev–Trinajstić information content (AvgIpc) is 2.90. The third kappa shape index (κ3) is 2.22. The number of benzene rings is 1. The lowest BCUT2D eigenvalue weighted by Gasteiger charge is -2.28. The Balaban J connectivity index is 2.05. The first-order chi connectivity index (χ1) is 9.91. The lowest BCUT2D eigenvalue weighted by atomic mass is 10.1. The zero-order valence-electron chi connectivity index (χ0n) is 12.1. The second-order valence-electron chi connectivity index (χ2n) is 5.32. The van der Waals surface area contributed by atoms with Crippen molar-refractivity contribution in [2.45, 2.75) is 31.8 Å². The summed E-state index contributed by atoms with van der Waals surface area (Å²) in [5, 5.41) is 0. The largest absolute Gasteiger partial charge is 0.397 e. The third-order valence-corrected chi connectivity index (χ3v) is 5.97. The van der Waals surface area contributed by atoms with Crippen molar-refractivity contribution >= 4 is 15.7 Å². The van der Waals surface area contributed by atoms with Crippen LogP contribution in [0.25, 0.3) is 0 Å². The van der Waals surface area contributed by atoms with Crippen LogP contribution in [0, 0.1) is 13.8 Å². The predicted octanol–water partition coefficient (Wildman–Crippen LogP) is 1.29. The highest BCUT2D eigenvalue weighted by Crippen LogP contribution is 2.30. The maximum absolute atomic E-state index is 12.9. The third-order valence-electron chi connectivity index (χ3n) is 3.92. The van der Waals surface area contributed by atoms with Crippen molar-refractivity contribution in [3.05, 3.63) is 41.5 Å². The van der Waals surface area contributed by atoms with E-state index in [0.29, 0.717) is 24.3 Å². The van der Waals surface area contributed by atoms with Crippen LogP contribution in [-0.2, 0) is 23.1 Å². The number of fused-ring (bicyclic) bond motifs is 1. The number of hydrogen-bond acceptors (Lipinski definition) is 4. The van der Waals surface area contributed by atoms with E-state index in [4.69, 9.17) is 5.73 Å². The first-order valence-electron chi connectivity index (χ1n) is 6.77. The molecule has 0 bridgehead atoms. The Morgan fingerprint density at radius 1 is 1.19 bits per heavy atom. The summed E-state index contributed by atoms with van der Waals surface area (Å²) < 4.78 is 29.3. The van der Waals surface area contributed by atoms with Crippen molar-refractivity contribution in [2.24, 2.45) is 0 Å². The van der Waals surface area contributed by atoms with Gasteiger partial charge in [-0.05, 0) is 25.0 Å². The number of aryl methyl sites for hydroxylation is 2. The minimum Gasteiger partial charge on any atom is -0.397 e. The van der Waals surface area contributed by atoms with Crippen LogP contribution in [0.4, 0.5) is 5.69 Å². The van der Waals surface area contributed by atoms with Crippen LogP contribution < -0.4 is 5.73 Å². The summed E-state index contributed by atoms with van der Waals surface area (Å²) in [7, 11) is -3.61. The molecule has 2 N–H and O–H groups in total. The van der Waals surface area contributed by atoms with Crippen LogP contribution in [0.3, 0.4) is 0 Å². The molecule has 6 nitrogen and oxygen atoms in total. The molecule has 0 saturated heterocycles. The lowest BCUT2D eigenvalue weighted by Crippen LogP contribution is -2.38. The van der Waals surface area contributed by atoms with Crippen LogP contribution in [0.5, 0.6) is 0 Å². The molecule has 0 amide bonds. The highest BCUT2D eigenvalue weighted by Gasteiger charge is 2.31. The van der Waals surface area contributed by atoms with Crippen LogP contribution in [-0.4, -0.2) is 28.8 Å². The maximum Gasteiger partial charge on any atom is 0.245 e. The van der Waals surface area contributed by atoms with E-state index in [1.165, 1.54) is 4.31 Å². The van der Waals surface area contributed by atoms with E-state index in [-0.39, 0.29) is 11.4 Å². The van der Waals surface area contributed by atoms with Crippen LogP contribution in [0.15, 0.2) is 29.4 Å². The molecule has 1 aliphatic heterocycles. The van der Waals surface area contributed by atoms with Crippen molar-refractivity contribution < 1.29 is 8.42 Å². The van der Waals surface area contributed by atoms with Crippen LogP contribution >= 0.6 is 0 Å². The molecule has 0 fully saturated rings. The fourth-order valence-corrected chi connectivity index (χ4v) is 4.41. The molecule has 0 saturated carbocycles. The number of hydrogen-bond donors (Lipinski definition) is 1. The quantitative estimate of drug-likeness (QED) is 0.848. The molecule has 0 radical (unpaired) electrons. The normalized spacial score (nSPS) is 15.9. The van der Waals surface area contributed by atoms with Gasteiger partial charge in [-0.15, -0.1) is 0 Å². The molecule has 7 heteroatoms. The zero-order chi connectivity index (χ0) is 15.2. The van der Waals surface area contributed by atoms with E-state index in [1.54, 1.807) is 19.2 Å². The number of aromatic nitrogens is 2.